The molecule has 126 valence electrons. The van der Waals surface area contributed by atoms with E-state index in [2.05, 4.69) is 18.0 Å². The Morgan fingerprint density at radius 1 is 1.22 bits per heavy atom. The summed E-state index contributed by atoms with van der Waals surface area (Å²) in [5, 5.41) is 3.08. The molecule has 0 heterocycles. The van der Waals surface area contributed by atoms with Gasteiger partial charge in [0.15, 0.2) is 5.78 Å². The van der Waals surface area contributed by atoms with Gasteiger partial charge in [0.1, 0.15) is 0 Å². The van der Waals surface area contributed by atoms with Crippen LogP contribution in [0.2, 0.25) is 0 Å². The lowest BCUT2D eigenvalue weighted by atomic mass is 9.88. The summed E-state index contributed by atoms with van der Waals surface area (Å²) >= 11 is 0. The average Bonchev–Trinajstić information content (AvgIpc) is 2.49. The fourth-order valence-electron chi connectivity index (χ4n) is 2.63. The molecule has 1 rings (SSSR count). The average molecular weight is 317 g/mol. The van der Waals surface area contributed by atoms with Crippen LogP contribution in [-0.4, -0.2) is 30.9 Å². The minimum absolute atomic E-state index is 0.0202. The normalized spacial score (nSPS) is 11.9. The van der Waals surface area contributed by atoms with Crippen LogP contribution in [0.25, 0.3) is 0 Å². The zero-order valence-electron chi connectivity index (χ0n) is 14.8. The molecule has 4 heteroatoms. The van der Waals surface area contributed by atoms with Crippen LogP contribution in [0.3, 0.4) is 0 Å². The first-order valence-corrected chi connectivity index (χ1v) is 7.94. The van der Waals surface area contributed by atoms with Gasteiger partial charge in [-0.1, -0.05) is 12.1 Å². The van der Waals surface area contributed by atoms with E-state index < -0.39 is 6.04 Å². The molecule has 1 N–H and O–H groups in total. The first-order valence-electron chi connectivity index (χ1n) is 7.94. The molecule has 1 aromatic rings. The molecular formula is C19H27NO3. The molecule has 0 fully saturated rings. The molecule has 4 nitrogen and oxygen atoms in total. The predicted octanol–water partition coefficient (Wildman–Crippen LogP) is 3.20. The Kier molecular flexibility index (Phi) is 7.17. The summed E-state index contributed by atoms with van der Waals surface area (Å²) in [6, 6.07) is 1.48. The molecule has 0 saturated heterocycles. The molecule has 0 spiro atoms. The van der Waals surface area contributed by atoms with Crippen LogP contribution in [0.15, 0.2) is 18.7 Å². The highest BCUT2D eigenvalue weighted by molar-refractivity contribution is 6.04. The third-order valence-corrected chi connectivity index (χ3v) is 4.11. The lowest BCUT2D eigenvalue weighted by Gasteiger charge is -2.20. The van der Waals surface area contributed by atoms with Gasteiger partial charge in [0.05, 0.1) is 19.1 Å². The molecular weight excluding hydrogens is 290 g/mol. The monoisotopic (exact) mass is 317 g/mol. The summed E-state index contributed by atoms with van der Waals surface area (Å²) in [7, 11) is 0. The molecule has 0 aromatic heterocycles. The van der Waals surface area contributed by atoms with E-state index in [0.29, 0.717) is 18.7 Å². The minimum atomic E-state index is -0.606. The van der Waals surface area contributed by atoms with Crippen molar-refractivity contribution < 1.29 is 14.3 Å². The first kappa shape index (κ1) is 19.1. The molecule has 0 amide bonds. The molecule has 0 aliphatic heterocycles. The lowest BCUT2D eigenvalue weighted by molar-refractivity contribution is -0.143. The van der Waals surface area contributed by atoms with Gasteiger partial charge in [0, 0.05) is 12.1 Å². The number of benzene rings is 1. The number of rotatable bonds is 8. The van der Waals surface area contributed by atoms with Crippen molar-refractivity contribution in [1.82, 2.24) is 5.32 Å². The van der Waals surface area contributed by atoms with Crippen molar-refractivity contribution >= 4 is 11.8 Å². The summed E-state index contributed by atoms with van der Waals surface area (Å²) in [6.07, 6.45) is 1.69. The molecule has 1 aromatic carbocycles. The van der Waals surface area contributed by atoms with Crippen molar-refractivity contribution in [1.29, 1.82) is 0 Å². The van der Waals surface area contributed by atoms with Crippen LogP contribution in [0.1, 0.15) is 46.0 Å². The molecule has 0 radical (unpaired) electrons. The molecule has 0 bridgehead atoms. The van der Waals surface area contributed by atoms with Gasteiger partial charge in [-0.15, -0.1) is 6.58 Å². The summed E-state index contributed by atoms with van der Waals surface area (Å²) < 4.78 is 4.99. The number of carbonyl (C=O) groups is 2. The van der Waals surface area contributed by atoms with Crippen molar-refractivity contribution in [3.05, 3.63) is 46.5 Å². The summed E-state index contributed by atoms with van der Waals surface area (Å²) in [4.78, 5) is 24.8. The fraction of sp³-hybridized carbons (Fsp3) is 0.474. The fourth-order valence-corrected chi connectivity index (χ4v) is 2.63. The minimum Gasteiger partial charge on any atom is -0.466 e. The lowest BCUT2D eigenvalue weighted by Crippen LogP contribution is -2.40. The topological polar surface area (TPSA) is 55.4 Å². The van der Waals surface area contributed by atoms with Gasteiger partial charge in [-0.25, -0.2) is 0 Å². The summed E-state index contributed by atoms with van der Waals surface area (Å²) in [5.41, 5.74) is 4.79. The van der Waals surface area contributed by atoms with E-state index in [1.807, 2.05) is 27.7 Å². The van der Waals surface area contributed by atoms with Gasteiger partial charge in [0.2, 0.25) is 0 Å². The van der Waals surface area contributed by atoms with E-state index in [4.69, 9.17) is 4.74 Å². The highest BCUT2D eigenvalue weighted by Gasteiger charge is 2.26. The number of ketones is 1. The van der Waals surface area contributed by atoms with E-state index in [9.17, 15) is 9.59 Å². The quantitative estimate of drug-likeness (QED) is 0.454. The van der Waals surface area contributed by atoms with Gasteiger partial charge >= 0.3 is 5.97 Å². The summed E-state index contributed by atoms with van der Waals surface area (Å²) in [5.74, 6) is -0.441. The van der Waals surface area contributed by atoms with Crippen molar-refractivity contribution in [3.8, 4) is 0 Å². The van der Waals surface area contributed by atoms with Crippen LogP contribution in [0.5, 0.6) is 0 Å². The second-order valence-corrected chi connectivity index (χ2v) is 5.76. The third-order valence-electron chi connectivity index (χ3n) is 4.11. The van der Waals surface area contributed by atoms with Gasteiger partial charge in [-0.3, -0.25) is 9.59 Å². The Balaban J connectivity index is 3.19. The first-order chi connectivity index (χ1) is 10.8. The maximum absolute atomic E-state index is 13.0. The number of ether oxygens (including phenoxy) is 1. The Hall–Kier alpha value is -1.94. The number of nitrogens with one attached hydrogen (secondary N) is 1. The summed E-state index contributed by atoms with van der Waals surface area (Å²) in [6.45, 7) is 14.1. The van der Waals surface area contributed by atoms with E-state index in [-0.39, 0.29) is 18.2 Å². The van der Waals surface area contributed by atoms with Crippen molar-refractivity contribution in [2.24, 2.45) is 0 Å². The van der Waals surface area contributed by atoms with Gasteiger partial charge in [-0.05, 0) is 56.9 Å². The standard InChI is InChI=1S/C19H27NO3/c1-7-9-20-16(11-17(21)23-8-2)19(22)18-14(5)12(3)10-13(4)15(18)6/h7,10,16,20H,1,8-9,11H2,2-6H3. The molecule has 0 saturated carbocycles. The number of hydrogen-bond donors (Lipinski definition) is 1. The Morgan fingerprint density at radius 2 is 1.78 bits per heavy atom. The highest BCUT2D eigenvalue weighted by atomic mass is 16.5. The predicted molar refractivity (Wildman–Crippen MR) is 93.0 cm³/mol. The molecule has 1 unspecified atom stereocenters. The Bertz CT molecular complexity index is 579. The van der Waals surface area contributed by atoms with Gasteiger partial charge < -0.3 is 10.1 Å². The second-order valence-electron chi connectivity index (χ2n) is 5.76. The van der Waals surface area contributed by atoms with Gasteiger partial charge in [0.25, 0.3) is 0 Å². The van der Waals surface area contributed by atoms with Crippen LogP contribution >= 0.6 is 0 Å². The van der Waals surface area contributed by atoms with Crippen molar-refractivity contribution in [2.45, 2.75) is 47.1 Å². The number of Topliss-reactive ketones (excluding diaryl/α,β-unsaturated/α-hetero) is 1. The van der Waals surface area contributed by atoms with Crippen LogP contribution in [0, 0.1) is 27.7 Å². The van der Waals surface area contributed by atoms with E-state index in [1.165, 1.54) is 0 Å². The molecule has 23 heavy (non-hydrogen) atoms. The van der Waals surface area contributed by atoms with E-state index in [0.717, 1.165) is 22.3 Å². The number of esters is 1. The number of hydrogen-bond acceptors (Lipinski definition) is 4. The van der Waals surface area contributed by atoms with Gasteiger partial charge in [-0.2, -0.15) is 0 Å². The maximum Gasteiger partial charge on any atom is 0.307 e. The zero-order valence-corrected chi connectivity index (χ0v) is 14.8. The highest BCUT2D eigenvalue weighted by Crippen LogP contribution is 2.23. The largest absolute Gasteiger partial charge is 0.466 e. The Labute approximate surface area is 138 Å². The molecule has 1 atom stereocenters. The second kappa shape index (κ2) is 8.63. The van der Waals surface area contributed by atoms with E-state index >= 15 is 0 Å². The maximum atomic E-state index is 13.0. The number of carbonyl (C=O) groups excluding carboxylic acids is 2. The molecule has 0 aliphatic carbocycles. The van der Waals surface area contributed by atoms with Crippen molar-refractivity contribution in [3.63, 3.8) is 0 Å². The number of aryl methyl sites for hydroxylation is 2. The van der Waals surface area contributed by atoms with E-state index in [1.54, 1.807) is 13.0 Å². The van der Waals surface area contributed by atoms with Crippen LogP contribution < -0.4 is 5.32 Å². The Morgan fingerprint density at radius 3 is 2.26 bits per heavy atom. The van der Waals surface area contributed by atoms with Crippen LogP contribution in [0.4, 0.5) is 0 Å². The van der Waals surface area contributed by atoms with Crippen LogP contribution in [-0.2, 0) is 9.53 Å². The molecule has 0 aliphatic rings. The smallest absolute Gasteiger partial charge is 0.307 e. The zero-order chi connectivity index (χ0) is 17.6. The SMILES string of the molecule is C=CCNC(CC(=O)OCC)C(=O)c1c(C)c(C)cc(C)c1C. The van der Waals surface area contributed by atoms with Crippen molar-refractivity contribution in [2.75, 3.05) is 13.2 Å². The third kappa shape index (κ3) is 4.76.